The fourth-order valence-electron chi connectivity index (χ4n) is 2.37. The number of benzene rings is 2. The summed E-state index contributed by atoms with van der Waals surface area (Å²) in [5.41, 5.74) is 2.62. The molecule has 0 aliphatic heterocycles. The molecule has 0 fully saturated rings. The molecule has 1 N–H and O–H groups in total. The van der Waals surface area contributed by atoms with Gasteiger partial charge in [-0.3, -0.25) is 0 Å². The summed E-state index contributed by atoms with van der Waals surface area (Å²) >= 11 is 0. The molecule has 2 aromatic rings. The zero-order valence-corrected chi connectivity index (χ0v) is 12.1. The summed E-state index contributed by atoms with van der Waals surface area (Å²) in [4.78, 5) is 0. The van der Waals surface area contributed by atoms with Crippen LogP contribution in [-0.2, 0) is 0 Å². The second-order valence-corrected chi connectivity index (χ2v) is 4.72. The van der Waals surface area contributed by atoms with E-state index in [9.17, 15) is 4.39 Å². The molecule has 1 atom stereocenters. The van der Waals surface area contributed by atoms with Crippen molar-refractivity contribution >= 4 is 0 Å². The first-order valence-electron chi connectivity index (χ1n) is 6.82. The lowest BCUT2D eigenvalue weighted by Gasteiger charge is -2.21. The largest absolute Gasteiger partial charge is 0.494 e. The molecular weight excluding hydrogens is 253 g/mol. The molecule has 0 aromatic heterocycles. The Morgan fingerprint density at radius 2 is 1.90 bits per heavy atom. The second-order valence-electron chi connectivity index (χ2n) is 4.72. The van der Waals surface area contributed by atoms with Crippen LogP contribution in [0.2, 0.25) is 0 Å². The van der Waals surface area contributed by atoms with Crippen LogP contribution in [-0.4, -0.2) is 13.7 Å². The number of nitrogens with one attached hydrogen (secondary N) is 1. The Morgan fingerprint density at radius 1 is 1.15 bits per heavy atom. The van der Waals surface area contributed by atoms with E-state index in [4.69, 9.17) is 4.74 Å². The van der Waals surface area contributed by atoms with E-state index in [1.54, 1.807) is 6.07 Å². The first-order chi connectivity index (χ1) is 9.67. The van der Waals surface area contributed by atoms with Gasteiger partial charge in [-0.2, -0.15) is 0 Å². The van der Waals surface area contributed by atoms with Gasteiger partial charge in [0, 0.05) is 11.1 Å². The quantitative estimate of drug-likeness (QED) is 0.893. The fraction of sp³-hybridized carbons (Fsp3) is 0.294. The highest BCUT2D eigenvalue weighted by Crippen LogP contribution is 2.31. The standard InChI is InChI=1S/C17H20FNO/c1-4-20-16-8-6-5-7-13(16)17(19-3)14-11-12(2)9-10-15(14)18/h5-11,17,19H,4H2,1-3H3. The van der Waals surface area contributed by atoms with Crippen LogP contribution < -0.4 is 10.1 Å². The molecule has 0 spiro atoms. The van der Waals surface area contributed by atoms with Crippen LogP contribution in [0.25, 0.3) is 0 Å². The Bertz CT molecular complexity index is 583. The number of aryl methyl sites for hydroxylation is 1. The minimum atomic E-state index is -0.224. The third kappa shape index (κ3) is 2.99. The van der Waals surface area contributed by atoms with Gasteiger partial charge in [0.1, 0.15) is 11.6 Å². The van der Waals surface area contributed by atoms with Crippen molar-refractivity contribution in [2.45, 2.75) is 19.9 Å². The lowest BCUT2D eigenvalue weighted by molar-refractivity contribution is 0.334. The predicted octanol–water partition coefficient (Wildman–Crippen LogP) is 3.84. The average Bonchev–Trinajstić information content (AvgIpc) is 2.45. The monoisotopic (exact) mass is 273 g/mol. The predicted molar refractivity (Wildman–Crippen MR) is 79.7 cm³/mol. The highest BCUT2D eigenvalue weighted by atomic mass is 19.1. The third-order valence-corrected chi connectivity index (χ3v) is 3.28. The van der Waals surface area contributed by atoms with E-state index in [0.29, 0.717) is 12.2 Å². The molecule has 2 aromatic carbocycles. The summed E-state index contributed by atoms with van der Waals surface area (Å²) in [5, 5.41) is 3.18. The molecule has 20 heavy (non-hydrogen) atoms. The second kappa shape index (κ2) is 6.53. The van der Waals surface area contributed by atoms with Crippen molar-refractivity contribution in [1.29, 1.82) is 0 Å². The number of para-hydroxylation sites is 1. The Kier molecular flexibility index (Phi) is 4.74. The van der Waals surface area contributed by atoms with Crippen molar-refractivity contribution in [3.8, 4) is 5.75 Å². The first kappa shape index (κ1) is 14.5. The summed E-state index contributed by atoms with van der Waals surface area (Å²) in [6.45, 7) is 4.49. The Hall–Kier alpha value is -1.87. The molecule has 2 nitrogen and oxygen atoms in total. The van der Waals surface area contributed by atoms with Crippen molar-refractivity contribution in [1.82, 2.24) is 5.32 Å². The SMILES string of the molecule is CCOc1ccccc1C(NC)c1cc(C)ccc1F. The molecular formula is C17H20FNO. The summed E-state index contributed by atoms with van der Waals surface area (Å²) in [7, 11) is 1.83. The van der Waals surface area contributed by atoms with Gasteiger partial charge in [-0.05, 0) is 33.0 Å². The van der Waals surface area contributed by atoms with Gasteiger partial charge in [-0.25, -0.2) is 4.39 Å². The van der Waals surface area contributed by atoms with Gasteiger partial charge in [-0.15, -0.1) is 0 Å². The average molecular weight is 273 g/mol. The van der Waals surface area contributed by atoms with Gasteiger partial charge in [0.25, 0.3) is 0 Å². The molecule has 106 valence electrons. The van der Waals surface area contributed by atoms with Gasteiger partial charge in [-0.1, -0.05) is 35.9 Å². The lowest BCUT2D eigenvalue weighted by Crippen LogP contribution is -2.20. The maximum Gasteiger partial charge on any atom is 0.128 e. The van der Waals surface area contributed by atoms with Crippen molar-refractivity contribution in [2.75, 3.05) is 13.7 Å². The van der Waals surface area contributed by atoms with Crippen LogP contribution in [0.3, 0.4) is 0 Å². The van der Waals surface area contributed by atoms with Crippen LogP contribution in [0.4, 0.5) is 4.39 Å². The van der Waals surface area contributed by atoms with E-state index in [-0.39, 0.29) is 11.9 Å². The topological polar surface area (TPSA) is 21.3 Å². The molecule has 0 amide bonds. The van der Waals surface area contributed by atoms with Gasteiger partial charge >= 0.3 is 0 Å². The lowest BCUT2D eigenvalue weighted by atomic mass is 9.96. The van der Waals surface area contributed by atoms with Crippen molar-refractivity contribution < 1.29 is 9.13 Å². The number of hydrogen-bond donors (Lipinski definition) is 1. The number of hydrogen-bond acceptors (Lipinski definition) is 2. The Labute approximate surface area is 119 Å². The van der Waals surface area contributed by atoms with Crippen LogP contribution in [0.1, 0.15) is 29.7 Å². The molecule has 0 aliphatic rings. The highest BCUT2D eigenvalue weighted by molar-refractivity contribution is 5.42. The van der Waals surface area contributed by atoms with Crippen LogP contribution in [0.5, 0.6) is 5.75 Å². The van der Waals surface area contributed by atoms with E-state index in [2.05, 4.69) is 5.32 Å². The van der Waals surface area contributed by atoms with Crippen LogP contribution in [0, 0.1) is 12.7 Å². The van der Waals surface area contributed by atoms with E-state index >= 15 is 0 Å². The molecule has 3 heteroatoms. The normalized spacial score (nSPS) is 12.2. The van der Waals surface area contributed by atoms with Gasteiger partial charge < -0.3 is 10.1 Å². The maximum absolute atomic E-state index is 14.1. The summed E-state index contributed by atoms with van der Waals surface area (Å²) in [6.07, 6.45) is 0. The van der Waals surface area contributed by atoms with Crippen LogP contribution in [0.15, 0.2) is 42.5 Å². The van der Waals surface area contributed by atoms with Crippen molar-refractivity contribution in [3.05, 3.63) is 65.0 Å². The summed E-state index contributed by atoms with van der Waals surface area (Å²) in [5.74, 6) is 0.580. The first-order valence-corrected chi connectivity index (χ1v) is 6.82. The molecule has 0 aliphatic carbocycles. The van der Waals surface area contributed by atoms with E-state index in [0.717, 1.165) is 16.9 Å². The molecule has 1 unspecified atom stereocenters. The van der Waals surface area contributed by atoms with E-state index < -0.39 is 0 Å². The molecule has 0 radical (unpaired) electrons. The summed E-state index contributed by atoms with van der Waals surface area (Å²) < 4.78 is 19.8. The van der Waals surface area contributed by atoms with Crippen molar-refractivity contribution in [3.63, 3.8) is 0 Å². The zero-order chi connectivity index (χ0) is 14.5. The number of halogens is 1. The minimum absolute atomic E-state index is 0.207. The summed E-state index contributed by atoms with van der Waals surface area (Å²) in [6, 6.07) is 12.7. The zero-order valence-electron chi connectivity index (χ0n) is 12.1. The highest BCUT2D eigenvalue weighted by Gasteiger charge is 2.19. The number of ether oxygens (including phenoxy) is 1. The Morgan fingerprint density at radius 3 is 2.60 bits per heavy atom. The Balaban J connectivity index is 2.49. The molecule has 0 heterocycles. The smallest absolute Gasteiger partial charge is 0.128 e. The molecule has 0 bridgehead atoms. The van der Waals surface area contributed by atoms with Gasteiger partial charge in [0.15, 0.2) is 0 Å². The van der Waals surface area contributed by atoms with E-state index in [1.807, 2.05) is 51.2 Å². The molecule has 0 saturated heterocycles. The van der Waals surface area contributed by atoms with Gasteiger partial charge in [0.05, 0.1) is 12.6 Å². The third-order valence-electron chi connectivity index (χ3n) is 3.28. The molecule has 0 saturated carbocycles. The minimum Gasteiger partial charge on any atom is -0.494 e. The van der Waals surface area contributed by atoms with Crippen LogP contribution >= 0.6 is 0 Å². The fourth-order valence-corrected chi connectivity index (χ4v) is 2.37. The van der Waals surface area contributed by atoms with Crippen molar-refractivity contribution in [2.24, 2.45) is 0 Å². The maximum atomic E-state index is 14.1. The molecule has 2 rings (SSSR count). The van der Waals surface area contributed by atoms with E-state index in [1.165, 1.54) is 6.07 Å². The number of rotatable bonds is 5. The van der Waals surface area contributed by atoms with Gasteiger partial charge in [0.2, 0.25) is 0 Å².